The van der Waals surface area contributed by atoms with Crippen molar-refractivity contribution in [3.63, 3.8) is 0 Å². The maximum atomic E-state index is 12.2. The summed E-state index contributed by atoms with van der Waals surface area (Å²) in [7, 11) is -3.28. The number of sulfone groups is 1. The maximum Gasteiger partial charge on any atom is 0.255 e. The minimum Gasteiger partial charge on any atom is -0.322 e. The molecule has 0 heterocycles. The van der Waals surface area contributed by atoms with E-state index in [-0.39, 0.29) is 10.8 Å². The summed E-state index contributed by atoms with van der Waals surface area (Å²) in [5, 5.41) is 3.37. The second-order valence-electron chi connectivity index (χ2n) is 4.83. The molecule has 1 N–H and O–H groups in total. The van der Waals surface area contributed by atoms with E-state index in [1.807, 2.05) is 0 Å². The number of aryl methyl sites for hydroxylation is 1. The Morgan fingerprint density at radius 1 is 1.05 bits per heavy atom. The fourth-order valence-corrected chi connectivity index (χ4v) is 2.84. The van der Waals surface area contributed by atoms with Gasteiger partial charge in [-0.05, 0) is 48.9 Å². The van der Waals surface area contributed by atoms with Gasteiger partial charge in [-0.1, -0.05) is 23.2 Å². The molecule has 1 amide bonds. The second-order valence-corrected chi connectivity index (χ2v) is 7.66. The molecule has 22 heavy (non-hydrogen) atoms. The Kier molecular flexibility index (Phi) is 4.80. The summed E-state index contributed by atoms with van der Waals surface area (Å²) in [4.78, 5) is 12.4. The minimum atomic E-state index is -3.28. The molecule has 2 aromatic rings. The molecule has 0 fully saturated rings. The van der Waals surface area contributed by atoms with E-state index in [0.29, 0.717) is 26.9 Å². The number of rotatable bonds is 3. The molecule has 0 spiro atoms. The standard InChI is InChI=1S/C15H13Cl2NO3S/c1-9-7-11(22(2,20)21)4-6-14(9)18-15(19)10-3-5-12(16)13(17)8-10/h3-8H,1-2H3,(H,18,19). The van der Waals surface area contributed by atoms with Crippen LogP contribution in [0.2, 0.25) is 10.0 Å². The summed E-state index contributed by atoms with van der Waals surface area (Å²) < 4.78 is 23.0. The molecule has 0 saturated heterocycles. The first-order valence-corrected chi connectivity index (χ1v) is 8.90. The van der Waals surface area contributed by atoms with Gasteiger partial charge in [0, 0.05) is 17.5 Å². The number of carbonyl (C=O) groups is 1. The zero-order valence-electron chi connectivity index (χ0n) is 11.9. The molecule has 0 aliphatic rings. The molecule has 0 atom stereocenters. The Morgan fingerprint density at radius 2 is 1.73 bits per heavy atom. The lowest BCUT2D eigenvalue weighted by atomic mass is 10.1. The van der Waals surface area contributed by atoms with Gasteiger partial charge in [-0.2, -0.15) is 0 Å². The van der Waals surface area contributed by atoms with Crippen molar-refractivity contribution in [2.75, 3.05) is 11.6 Å². The number of anilines is 1. The second kappa shape index (κ2) is 6.28. The summed E-state index contributed by atoms with van der Waals surface area (Å²) in [5.74, 6) is -0.353. The molecule has 2 aromatic carbocycles. The van der Waals surface area contributed by atoms with Crippen LogP contribution in [-0.4, -0.2) is 20.6 Å². The number of benzene rings is 2. The zero-order valence-corrected chi connectivity index (χ0v) is 14.2. The van der Waals surface area contributed by atoms with Crippen LogP contribution in [0.25, 0.3) is 0 Å². The molecule has 7 heteroatoms. The predicted octanol–water partition coefficient (Wildman–Crippen LogP) is 3.96. The first-order valence-electron chi connectivity index (χ1n) is 6.25. The highest BCUT2D eigenvalue weighted by Gasteiger charge is 2.12. The molecular weight excluding hydrogens is 345 g/mol. The van der Waals surface area contributed by atoms with Gasteiger partial charge in [0.1, 0.15) is 0 Å². The van der Waals surface area contributed by atoms with Crippen molar-refractivity contribution in [3.8, 4) is 0 Å². The monoisotopic (exact) mass is 357 g/mol. The topological polar surface area (TPSA) is 63.2 Å². The van der Waals surface area contributed by atoms with Crippen molar-refractivity contribution in [1.82, 2.24) is 0 Å². The molecule has 0 aliphatic carbocycles. The van der Waals surface area contributed by atoms with Gasteiger partial charge in [0.2, 0.25) is 0 Å². The molecule has 116 valence electrons. The largest absolute Gasteiger partial charge is 0.322 e. The van der Waals surface area contributed by atoms with Crippen LogP contribution in [0.4, 0.5) is 5.69 Å². The van der Waals surface area contributed by atoms with Crippen LogP contribution in [0.3, 0.4) is 0 Å². The molecular formula is C15H13Cl2NO3S. The SMILES string of the molecule is Cc1cc(S(C)(=O)=O)ccc1NC(=O)c1ccc(Cl)c(Cl)c1. The van der Waals surface area contributed by atoms with Crippen molar-refractivity contribution < 1.29 is 13.2 Å². The Bertz CT molecular complexity index is 848. The van der Waals surface area contributed by atoms with Crippen LogP contribution in [-0.2, 0) is 9.84 Å². The molecule has 0 bridgehead atoms. The number of carbonyl (C=O) groups excluding carboxylic acids is 1. The number of amides is 1. The Morgan fingerprint density at radius 3 is 2.27 bits per heavy atom. The lowest BCUT2D eigenvalue weighted by Gasteiger charge is -2.10. The highest BCUT2D eigenvalue weighted by Crippen LogP contribution is 2.24. The van der Waals surface area contributed by atoms with Gasteiger partial charge in [0.15, 0.2) is 9.84 Å². The predicted molar refractivity (Wildman–Crippen MR) is 88.7 cm³/mol. The van der Waals surface area contributed by atoms with E-state index >= 15 is 0 Å². The van der Waals surface area contributed by atoms with Gasteiger partial charge < -0.3 is 5.32 Å². The van der Waals surface area contributed by atoms with Crippen molar-refractivity contribution in [3.05, 3.63) is 57.6 Å². The van der Waals surface area contributed by atoms with E-state index in [2.05, 4.69) is 5.32 Å². The molecule has 2 rings (SSSR count). The molecule has 0 saturated carbocycles. The normalized spacial score (nSPS) is 11.3. The van der Waals surface area contributed by atoms with Gasteiger partial charge in [0.05, 0.1) is 14.9 Å². The average molecular weight is 358 g/mol. The van der Waals surface area contributed by atoms with E-state index < -0.39 is 9.84 Å². The number of hydrogen-bond acceptors (Lipinski definition) is 3. The third kappa shape index (κ3) is 3.80. The molecule has 0 unspecified atom stereocenters. The molecule has 0 aliphatic heterocycles. The summed E-state index contributed by atoms with van der Waals surface area (Å²) >= 11 is 11.7. The quantitative estimate of drug-likeness (QED) is 0.903. The van der Waals surface area contributed by atoms with Crippen LogP contribution in [0.15, 0.2) is 41.3 Å². The van der Waals surface area contributed by atoms with E-state index in [4.69, 9.17) is 23.2 Å². The third-order valence-corrected chi connectivity index (χ3v) is 4.91. The van der Waals surface area contributed by atoms with E-state index in [1.54, 1.807) is 25.1 Å². The fraction of sp³-hybridized carbons (Fsp3) is 0.133. The smallest absolute Gasteiger partial charge is 0.255 e. The van der Waals surface area contributed by atoms with E-state index in [0.717, 1.165) is 6.26 Å². The van der Waals surface area contributed by atoms with Gasteiger partial charge in [-0.15, -0.1) is 0 Å². The van der Waals surface area contributed by atoms with Gasteiger partial charge in [-0.3, -0.25) is 4.79 Å². The van der Waals surface area contributed by atoms with Crippen LogP contribution in [0.1, 0.15) is 15.9 Å². The van der Waals surface area contributed by atoms with Crippen LogP contribution in [0, 0.1) is 6.92 Å². The highest BCUT2D eigenvalue weighted by atomic mass is 35.5. The summed E-state index contributed by atoms with van der Waals surface area (Å²) in [6.07, 6.45) is 1.13. The van der Waals surface area contributed by atoms with Crippen molar-refractivity contribution in [2.24, 2.45) is 0 Å². The van der Waals surface area contributed by atoms with Crippen LogP contribution >= 0.6 is 23.2 Å². The zero-order chi connectivity index (χ0) is 16.5. The van der Waals surface area contributed by atoms with Gasteiger partial charge >= 0.3 is 0 Å². The summed E-state index contributed by atoms with van der Waals surface area (Å²) in [5.41, 5.74) is 1.54. The Balaban J connectivity index is 2.27. The first kappa shape index (κ1) is 16.8. The van der Waals surface area contributed by atoms with Crippen LogP contribution < -0.4 is 5.32 Å². The number of halogens is 2. The lowest BCUT2D eigenvalue weighted by molar-refractivity contribution is 0.102. The molecule has 4 nitrogen and oxygen atoms in total. The minimum absolute atomic E-state index is 0.206. The highest BCUT2D eigenvalue weighted by molar-refractivity contribution is 7.90. The van der Waals surface area contributed by atoms with Crippen LogP contribution in [0.5, 0.6) is 0 Å². The summed E-state index contributed by atoms with van der Waals surface area (Å²) in [6, 6.07) is 9.09. The summed E-state index contributed by atoms with van der Waals surface area (Å²) in [6.45, 7) is 1.72. The molecule has 0 radical (unpaired) electrons. The molecule has 0 aromatic heterocycles. The Labute approximate surface area is 139 Å². The van der Waals surface area contributed by atoms with Gasteiger partial charge in [-0.25, -0.2) is 8.42 Å². The Hall–Kier alpha value is -1.56. The maximum absolute atomic E-state index is 12.2. The van der Waals surface area contributed by atoms with Gasteiger partial charge in [0.25, 0.3) is 5.91 Å². The lowest BCUT2D eigenvalue weighted by Crippen LogP contribution is -2.13. The first-order chi connectivity index (χ1) is 10.2. The van der Waals surface area contributed by atoms with E-state index in [9.17, 15) is 13.2 Å². The van der Waals surface area contributed by atoms with Crippen molar-refractivity contribution in [1.29, 1.82) is 0 Å². The fourth-order valence-electron chi connectivity index (χ4n) is 1.84. The van der Waals surface area contributed by atoms with Crippen molar-refractivity contribution >= 4 is 44.6 Å². The van der Waals surface area contributed by atoms with Crippen molar-refractivity contribution in [2.45, 2.75) is 11.8 Å². The van der Waals surface area contributed by atoms with E-state index in [1.165, 1.54) is 18.2 Å². The number of hydrogen-bond donors (Lipinski definition) is 1. The number of nitrogens with one attached hydrogen (secondary N) is 1. The third-order valence-electron chi connectivity index (χ3n) is 3.06. The average Bonchev–Trinajstić information content (AvgIpc) is 2.42.